The van der Waals surface area contributed by atoms with E-state index in [-0.39, 0.29) is 6.61 Å². The highest BCUT2D eigenvalue weighted by Gasteiger charge is 2.08. The van der Waals surface area contributed by atoms with E-state index in [1.807, 2.05) is 65.6 Å². The smallest absolute Gasteiger partial charge is 0.0645 e. The Morgan fingerprint density at radius 2 is 1.64 bits per heavy atom. The first-order valence-electron chi connectivity index (χ1n) is 7.36. The summed E-state index contributed by atoms with van der Waals surface area (Å²) in [5.41, 5.74) is 3.26. The summed E-state index contributed by atoms with van der Waals surface area (Å²) in [6, 6.07) is 20.2. The lowest BCUT2D eigenvalue weighted by Gasteiger charge is -2.23. The Morgan fingerprint density at radius 3 is 2.32 bits per heavy atom. The molecule has 0 aliphatic heterocycles. The van der Waals surface area contributed by atoms with Crippen molar-refractivity contribution < 1.29 is 5.11 Å². The number of aliphatic hydroxyl groups is 1. The summed E-state index contributed by atoms with van der Waals surface area (Å²) in [4.78, 5) is 2.15. The number of aromatic nitrogens is 2. The third-order valence-electron chi connectivity index (χ3n) is 3.52. The first-order valence-corrected chi connectivity index (χ1v) is 7.36. The van der Waals surface area contributed by atoms with E-state index in [0.717, 1.165) is 23.5 Å². The standard InChI is InChI=1S/C18H19N3O/c22-12-11-20(17-7-3-1-4-8-17)14-16-13-19-21(15-16)18-9-5-2-6-10-18/h1-10,13,15,22H,11-12,14H2. The topological polar surface area (TPSA) is 41.3 Å². The lowest BCUT2D eigenvalue weighted by atomic mass is 10.2. The Hall–Kier alpha value is -2.59. The second-order valence-electron chi connectivity index (χ2n) is 5.11. The van der Waals surface area contributed by atoms with Crippen LogP contribution in [0.15, 0.2) is 73.1 Å². The molecule has 0 aliphatic rings. The van der Waals surface area contributed by atoms with Crippen molar-refractivity contribution in [2.45, 2.75) is 6.54 Å². The van der Waals surface area contributed by atoms with Gasteiger partial charge in [-0.3, -0.25) is 0 Å². The van der Waals surface area contributed by atoms with Crippen LogP contribution < -0.4 is 4.90 Å². The summed E-state index contributed by atoms with van der Waals surface area (Å²) < 4.78 is 1.87. The number of rotatable bonds is 6. The van der Waals surface area contributed by atoms with E-state index in [0.29, 0.717) is 6.54 Å². The Balaban J connectivity index is 1.78. The normalized spacial score (nSPS) is 10.6. The summed E-state index contributed by atoms with van der Waals surface area (Å²) in [7, 11) is 0. The van der Waals surface area contributed by atoms with E-state index in [4.69, 9.17) is 0 Å². The molecule has 0 bridgehead atoms. The zero-order valence-electron chi connectivity index (χ0n) is 12.3. The Kier molecular flexibility index (Phi) is 4.51. The van der Waals surface area contributed by atoms with Crippen LogP contribution >= 0.6 is 0 Å². The van der Waals surface area contributed by atoms with Crippen molar-refractivity contribution in [1.29, 1.82) is 0 Å². The van der Waals surface area contributed by atoms with Gasteiger partial charge in [0.15, 0.2) is 0 Å². The third-order valence-corrected chi connectivity index (χ3v) is 3.52. The van der Waals surface area contributed by atoms with Gasteiger partial charge in [0.2, 0.25) is 0 Å². The molecule has 0 fully saturated rings. The van der Waals surface area contributed by atoms with Crippen molar-refractivity contribution in [3.63, 3.8) is 0 Å². The average molecular weight is 293 g/mol. The molecule has 2 aromatic carbocycles. The van der Waals surface area contributed by atoms with Crippen LogP contribution in [0.2, 0.25) is 0 Å². The molecule has 0 saturated heterocycles. The van der Waals surface area contributed by atoms with Crippen molar-refractivity contribution >= 4 is 5.69 Å². The maximum Gasteiger partial charge on any atom is 0.0645 e. The lowest BCUT2D eigenvalue weighted by molar-refractivity contribution is 0.301. The average Bonchev–Trinajstić information content (AvgIpc) is 3.05. The monoisotopic (exact) mass is 293 g/mol. The SMILES string of the molecule is OCCN(Cc1cnn(-c2ccccc2)c1)c1ccccc1. The second kappa shape index (κ2) is 6.91. The molecule has 4 nitrogen and oxygen atoms in total. The minimum atomic E-state index is 0.127. The van der Waals surface area contributed by atoms with Crippen molar-refractivity contribution in [3.05, 3.63) is 78.6 Å². The summed E-state index contributed by atoms with van der Waals surface area (Å²) in [5, 5.41) is 13.7. The molecule has 112 valence electrons. The zero-order chi connectivity index (χ0) is 15.2. The fourth-order valence-corrected chi connectivity index (χ4v) is 2.44. The number of para-hydroxylation sites is 2. The molecule has 0 amide bonds. The van der Waals surface area contributed by atoms with Crippen molar-refractivity contribution in [2.75, 3.05) is 18.1 Å². The number of hydrogen-bond acceptors (Lipinski definition) is 3. The molecule has 3 aromatic rings. The van der Waals surface area contributed by atoms with Crippen molar-refractivity contribution in [2.24, 2.45) is 0 Å². The fraction of sp³-hybridized carbons (Fsp3) is 0.167. The summed E-state index contributed by atoms with van der Waals surface area (Å²) in [6.07, 6.45) is 3.91. The molecule has 4 heteroatoms. The molecule has 1 aromatic heterocycles. The first-order chi connectivity index (χ1) is 10.9. The van der Waals surface area contributed by atoms with Gasteiger partial charge in [0, 0.05) is 30.5 Å². The van der Waals surface area contributed by atoms with Gasteiger partial charge in [-0.2, -0.15) is 5.10 Å². The molecular weight excluding hydrogens is 274 g/mol. The van der Waals surface area contributed by atoms with E-state index in [9.17, 15) is 5.11 Å². The Morgan fingerprint density at radius 1 is 0.955 bits per heavy atom. The van der Waals surface area contributed by atoms with Crippen molar-refractivity contribution in [3.8, 4) is 5.69 Å². The largest absolute Gasteiger partial charge is 0.395 e. The minimum absolute atomic E-state index is 0.127. The molecule has 0 unspecified atom stereocenters. The van der Waals surface area contributed by atoms with Crippen LogP contribution in [-0.4, -0.2) is 28.0 Å². The predicted molar refractivity (Wildman–Crippen MR) is 88.1 cm³/mol. The van der Waals surface area contributed by atoms with E-state index in [1.165, 1.54) is 0 Å². The molecule has 1 heterocycles. The van der Waals surface area contributed by atoms with Gasteiger partial charge >= 0.3 is 0 Å². The van der Waals surface area contributed by atoms with Crippen LogP contribution in [0.4, 0.5) is 5.69 Å². The predicted octanol–water partition coefficient (Wildman–Crippen LogP) is 2.87. The van der Waals surface area contributed by atoms with Crippen LogP contribution in [0, 0.1) is 0 Å². The van der Waals surface area contributed by atoms with Gasteiger partial charge in [-0.25, -0.2) is 4.68 Å². The molecule has 0 aliphatic carbocycles. The Labute approximate surface area is 130 Å². The third kappa shape index (κ3) is 3.35. The number of aliphatic hydroxyl groups excluding tert-OH is 1. The van der Waals surface area contributed by atoms with Crippen LogP contribution in [-0.2, 0) is 6.54 Å². The van der Waals surface area contributed by atoms with Crippen LogP contribution in [0.25, 0.3) is 5.69 Å². The van der Waals surface area contributed by atoms with Crippen LogP contribution in [0.1, 0.15) is 5.56 Å². The van der Waals surface area contributed by atoms with Crippen LogP contribution in [0.3, 0.4) is 0 Å². The van der Waals surface area contributed by atoms with Gasteiger partial charge in [-0.15, -0.1) is 0 Å². The van der Waals surface area contributed by atoms with E-state index in [1.54, 1.807) is 0 Å². The molecule has 0 radical (unpaired) electrons. The number of nitrogens with zero attached hydrogens (tertiary/aromatic N) is 3. The van der Waals surface area contributed by atoms with Crippen molar-refractivity contribution in [1.82, 2.24) is 9.78 Å². The van der Waals surface area contributed by atoms with Gasteiger partial charge in [0.1, 0.15) is 0 Å². The second-order valence-corrected chi connectivity index (χ2v) is 5.11. The molecule has 1 N–H and O–H groups in total. The molecule has 0 spiro atoms. The lowest BCUT2D eigenvalue weighted by Crippen LogP contribution is -2.25. The van der Waals surface area contributed by atoms with Gasteiger partial charge in [-0.05, 0) is 24.3 Å². The number of hydrogen-bond donors (Lipinski definition) is 1. The summed E-state index contributed by atoms with van der Waals surface area (Å²) in [6.45, 7) is 1.44. The zero-order valence-corrected chi connectivity index (χ0v) is 12.3. The van der Waals surface area contributed by atoms with E-state index < -0.39 is 0 Å². The van der Waals surface area contributed by atoms with E-state index in [2.05, 4.69) is 22.1 Å². The number of anilines is 1. The molecular formula is C18H19N3O. The van der Waals surface area contributed by atoms with Gasteiger partial charge in [0.25, 0.3) is 0 Å². The highest BCUT2D eigenvalue weighted by atomic mass is 16.3. The number of benzene rings is 2. The first kappa shape index (κ1) is 14.4. The highest BCUT2D eigenvalue weighted by Crippen LogP contribution is 2.17. The summed E-state index contributed by atoms with van der Waals surface area (Å²) >= 11 is 0. The highest BCUT2D eigenvalue weighted by molar-refractivity contribution is 5.46. The van der Waals surface area contributed by atoms with Gasteiger partial charge in [-0.1, -0.05) is 36.4 Å². The van der Waals surface area contributed by atoms with E-state index >= 15 is 0 Å². The maximum absolute atomic E-state index is 9.30. The molecule has 22 heavy (non-hydrogen) atoms. The van der Waals surface area contributed by atoms with Gasteiger partial charge < -0.3 is 10.0 Å². The molecule has 3 rings (SSSR count). The fourth-order valence-electron chi connectivity index (χ4n) is 2.44. The minimum Gasteiger partial charge on any atom is -0.395 e. The maximum atomic E-state index is 9.30. The molecule has 0 saturated carbocycles. The van der Waals surface area contributed by atoms with Gasteiger partial charge in [0.05, 0.1) is 18.5 Å². The summed E-state index contributed by atoms with van der Waals surface area (Å²) in [5.74, 6) is 0. The molecule has 0 atom stereocenters. The quantitative estimate of drug-likeness (QED) is 0.760. The Bertz CT molecular complexity index is 695. The van der Waals surface area contributed by atoms with Crippen LogP contribution in [0.5, 0.6) is 0 Å².